The van der Waals surface area contributed by atoms with Crippen LogP contribution in [0, 0.1) is 5.92 Å². The van der Waals surface area contributed by atoms with Crippen LogP contribution >= 0.6 is 0 Å². The molecule has 2 aromatic carbocycles. The van der Waals surface area contributed by atoms with E-state index in [0.717, 1.165) is 49.7 Å². The molecule has 4 rings (SSSR count). The Hall–Kier alpha value is -2.73. The molecule has 2 aliphatic rings. The first kappa shape index (κ1) is 19.6. The number of benzene rings is 2. The number of carbonyl (C=O) groups is 1. The second-order valence-corrected chi connectivity index (χ2v) is 7.69. The monoisotopic (exact) mass is 396 g/mol. The van der Waals surface area contributed by atoms with Crippen LogP contribution in [0.25, 0.3) is 0 Å². The number of piperidine rings is 1. The van der Waals surface area contributed by atoms with Gasteiger partial charge >= 0.3 is 0 Å². The highest BCUT2D eigenvalue weighted by Gasteiger charge is 2.27. The third kappa shape index (κ3) is 5.01. The molecule has 2 aliphatic heterocycles. The molecule has 1 atom stereocenters. The normalized spacial score (nSPS) is 19.6. The minimum atomic E-state index is 0.0496. The molecule has 0 spiro atoms. The summed E-state index contributed by atoms with van der Waals surface area (Å²) in [4.78, 5) is 14.9. The van der Waals surface area contributed by atoms with E-state index in [-0.39, 0.29) is 12.0 Å². The number of anilines is 1. The molecule has 0 aromatic heterocycles. The smallest absolute Gasteiger partial charge is 0.224 e. The maximum Gasteiger partial charge on any atom is 0.224 e. The van der Waals surface area contributed by atoms with Crippen molar-refractivity contribution in [1.82, 2.24) is 4.90 Å². The van der Waals surface area contributed by atoms with Gasteiger partial charge in [-0.3, -0.25) is 9.69 Å². The summed E-state index contributed by atoms with van der Waals surface area (Å²) >= 11 is 0. The molecule has 6 heteroatoms. The quantitative estimate of drug-likeness (QED) is 0.809. The molecule has 1 saturated heterocycles. The first-order valence-electron chi connectivity index (χ1n) is 10.2. The number of fused-ring (bicyclic) bond motifs is 1. The number of hydrogen-bond donors (Lipinski definition) is 1. The summed E-state index contributed by atoms with van der Waals surface area (Å²) in [5, 5.41) is 2.98. The van der Waals surface area contributed by atoms with E-state index in [2.05, 4.69) is 10.2 Å². The summed E-state index contributed by atoms with van der Waals surface area (Å²) < 4.78 is 17.2. The van der Waals surface area contributed by atoms with Gasteiger partial charge < -0.3 is 19.5 Å². The number of carbonyl (C=O) groups excluding carboxylic acids is 1. The van der Waals surface area contributed by atoms with Crippen molar-refractivity contribution in [3.05, 3.63) is 48.5 Å². The van der Waals surface area contributed by atoms with E-state index >= 15 is 0 Å². The van der Waals surface area contributed by atoms with Crippen LogP contribution in [0.3, 0.4) is 0 Å². The largest absolute Gasteiger partial charge is 0.495 e. The zero-order chi connectivity index (χ0) is 20.1. The Morgan fingerprint density at radius 2 is 1.83 bits per heavy atom. The highest BCUT2D eigenvalue weighted by Crippen LogP contribution is 2.31. The first-order valence-corrected chi connectivity index (χ1v) is 10.2. The molecule has 2 heterocycles. The molecule has 0 aliphatic carbocycles. The predicted octanol–water partition coefficient (Wildman–Crippen LogP) is 3.58. The Labute approximate surface area is 171 Å². The van der Waals surface area contributed by atoms with Gasteiger partial charge in [0.25, 0.3) is 0 Å². The van der Waals surface area contributed by atoms with Crippen molar-refractivity contribution < 1.29 is 19.0 Å². The summed E-state index contributed by atoms with van der Waals surface area (Å²) in [5.41, 5.74) is 0.729. The molecule has 154 valence electrons. The highest BCUT2D eigenvalue weighted by atomic mass is 16.6. The zero-order valence-corrected chi connectivity index (χ0v) is 16.8. The van der Waals surface area contributed by atoms with Crippen molar-refractivity contribution in [3.8, 4) is 17.2 Å². The Morgan fingerprint density at radius 1 is 1.10 bits per heavy atom. The number of para-hydroxylation sites is 4. The van der Waals surface area contributed by atoms with E-state index < -0.39 is 0 Å². The van der Waals surface area contributed by atoms with Crippen LogP contribution in [0.1, 0.15) is 19.3 Å². The lowest BCUT2D eigenvalue weighted by atomic mass is 9.93. The number of rotatable bonds is 6. The number of likely N-dealkylation sites (tertiary alicyclic amines) is 1. The summed E-state index contributed by atoms with van der Waals surface area (Å²) in [6, 6.07) is 15.3. The summed E-state index contributed by atoms with van der Waals surface area (Å²) in [5.74, 6) is 2.79. The lowest BCUT2D eigenvalue weighted by molar-refractivity contribution is -0.117. The van der Waals surface area contributed by atoms with E-state index in [0.29, 0.717) is 24.7 Å². The average Bonchev–Trinajstić information content (AvgIpc) is 2.75. The van der Waals surface area contributed by atoms with Gasteiger partial charge in [0.1, 0.15) is 18.5 Å². The van der Waals surface area contributed by atoms with Crippen molar-refractivity contribution in [2.75, 3.05) is 38.7 Å². The van der Waals surface area contributed by atoms with Crippen LogP contribution in [0.5, 0.6) is 17.2 Å². The molecular formula is C23H28N2O4. The summed E-state index contributed by atoms with van der Waals surface area (Å²) in [6.07, 6.45) is 2.63. The number of amides is 1. The van der Waals surface area contributed by atoms with Gasteiger partial charge in [-0.25, -0.2) is 0 Å². The standard InChI is InChI=1S/C23H28N2O4/c1-27-20-7-3-2-6-19(20)24-23(26)14-17-10-12-25(13-11-17)15-18-16-28-21-8-4-5-9-22(21)29-18/h2-9,17-18H,10-16H2,1H3,(H,24,26). The van der Waals surface area contributed by atoms with Crippen LogP contribution < -0.4 is 19.5 Å². The Morgan fingerprint density at radius 3 is 2.62 bits per heavy atom. The second kappa shape index (κ2) is 9.18. The van der Waals surface area contributed by atoms with Crippen molar-refractivity contribution in [2.24, 2.45) is 5.92 Å². The third-order valence-electron chi connectivity index (χ3n) is 5.59. The van der Waals surface area contributed by atoms with Gasteiger partial charge in [0.05, 0.1) is 12.8 Å². The molecular weight excluding hydrogens is 368 g/mol. The van der Waals surface area contributed by atoms with E-state index in [1.807, 2.05) is 48.5 Å². The number of nitrogens with zero attached hydrogens (tertiary/aromatic N) is 1. The maximum absolute atomic E-state index is 12.4. The molecule has 1 N–H and O–H groups in total. The number of hydrogen-bond acceptors (Lipinski definition) is 5. The van der Waals surface area contributed by atoms with Crippen LogP contribution in [-0.4, -0.2) is 50.3 Å². The van der Waals surface area contributed by atoms with Gasteiger partial charge in [-0.05, 0) is 56.1 Å². The van der Waals surface area contributed by atoms with Crippen LogP contribution in [-0.2, 0) is 4.79 Å². The van der Waals surface area contributed by atoms with Crippen molar-refractivity contribution in [3.63, 3.8) is 0 Å². The predicted molar refractivity (Wildman–Crippen MR) is 112 cm³/mol. The Bertz CT molecular complexity index is 833. The van der Waals surface area contributed by atoms with E-state index in [9.17, 15) is 4.79 Å². The maximum atomic E-state index is 12.4. The first-order chi connectivity index (χ1) is 14.2. The van der Waals surface area contributed by atoms with Crippen LogP contribution in [0.4, 0.5) is 5.69 Å². The van der Waals surface area contributed by atoms with E-state index in [4.69, 9.17) is 14.2 Å². The van der Waals surface area contributed by atoms with Gasteiger partial charge in [-0.1, -0.05) is 24.3 Å². The Kier molecular flexibility index (Phi) is 6.20. The molecule has 0 saturated carbocycles. The van der Waals surface area contributed by atoms with Crippen molar-refractivity contribution >= 4 is 11.6 Å². The summed E-state index contributed by atoms with van der Waals surface area (Å²) in [7, 11) is 1.61. The van der Waals surface area contributed by atoms with Gasteiger partial charge in [-0.2, -0.15) is 0 Å². The minimum absolute atomic E-state index is 0.0496. The van der Waals surface area contributed by atoms with Crippen LogP contribution in [0.2, 0.25) is 0 Å². The molecule has 2 aromatic rings. The molecule has 0 bridgehead atoms. The van der Waals surface area contributed by atoms with Gasteiger partial charge in [0.2, 0.25) is 5.91 Å². The van der Waals surface area contributed by atoms with Crippen LogP contribution in [0.15, 0.2) is 48.5 Å². The molecule has 6 nitrogen and oxygen atoms in total. The second-order valence-electron chi connectivity index (χ2n) is 7.69. The Balaban J connectivity index is 1.21. The fourth-order valence-electron chi connectivity index (χ4n) is 4.03. The van der Waals surface area contributed by atoms with Gasteiger partial charge in [0.15, 0.2) is 11.5 Å². The molecule has 1 amide bonds. The number of nitrogens with one attached hydrogen (secondary N) is 1. The topological polar surface area (TPSA) is 60.0 Å². The van der Waals surface area contributed by atoms with E-state index in [1.54, 1.807) is 7.11 Å². The molecule has 1 fully saturated rings. The highest BCUT2D eigenvalue weighted by molar-refractivity contribution is 5.92. The fourth-order valence-corrected chi connectivity index (χ4v) is 4.03. The zero-order valence-electron chi connectivity index (χ0n) is 16.8. The third-order valence-corrected chi connectivity index (χ3v) is 5.59. The molecule has 1 unspecified atom stereocenters. The number of ether oxygens (including phenoxy) is 3. The molecule has 29 heavy (non-hydrogen) atoms. The lowest BCUT2D eigenvalue weighted by Crippen LogP contribution is -2.44. The van der Waals surface area contributed by atoms with E-state index in [1.165, 1.54) is 0 Å². The SMILES string of the molecule is COc1ccccc1NC(=O)CC1CCN(CC2COc3ccccc3O2)CC1. The van der Waals surface area contributed by atoms with Crippen molar-refractivity contribution in [1.29, 1.82) is 0 Å². The number of methoxy groups -OCH3 is 1. The van der Waals surface area contributed by atoms with Crippen molar-refractivity contribution in [2.45, 2.75) is 25.4 Å². The van der Waals surface area contributed by atoms with Gasteiger partial charge in [-0.15, -0.1) is 0 Å². The van der Waals surface area contributed by atoms with Gasteiger partial charge in [0, 0.05) is 13.0 Å². The minimum Gasteiger partial charge on any atom is -0.495 e. The average molecular weight is 396 g/mol. The summed E-state index contributed by atoms with van der Waals surface area (Å²) in [6.45, 7) is 3.40. The lowest BCUT2D eigenvalue weighted by Gasteiger charge is -2.35. The fraction of sp³-hybridized carbons (Fsp3) is 0.435. The molecule has 0 radical (unpaired) electrons.